The lowest BCUT2D eigenvalue weighted by Gasteiger charge is -2.09. The maximum atomic E-state index is 11.9. The van der Waals surface area contributed by atoms with Crippen molar-refractivity contribution >= 4 is 17.4 Å². The van der Waals surface area contributed by atoms with Gasteiger partial charge in [-0.25, -0.2) is 9.97 Å². The van der Waals surface area contributed by atoms with Crippen LogP contribution in [0.25, 0.3) is 11.3 Å². The predicted octanol–water partition coefficient (Wildman–Crippen LogP) is 1.96. The highest BCUT2D eigenvalue weighted by Crippen LogP contribution is 2.20. The molecule has 2 aromatic carbocycles. The molecular formula is C20H22N6O. The van der Waals surface area contributed by atoms with Crippen LogP contribution >= 0.6 is 0 Å². The van der Waals surface area contributed by atoms with Crippen LogP contribution < -0.4 is 22.1 Å². The van der Waals surface area contributed by atoms with Crippen LogP contribution in [-0.4, -0.2) is 22.9 Å². The molecule has 138 valence electrons. The second-order valence-corrected chi connectivity index (χ2v) is 6.11. The lowest BCUT2D eigenvalue weighted by atomic mass is 10.1. The van der Waals surface area contributed by atoms with E-state index in [1.54, 1.807) is 6.20 Å². The summed E-state index contributed by atoms with van der Waals surface area (Å²) in [6, 6.07) is 15.7. The minimum atomic E-state index is -0.358. The van der Waals surface area contributed by atoms with Crippen molar-refractivity contribution < 1.29 is 4.79 Å². The molecule has 0 fully saturated rings. The van der Waals surface area contributed by atoms with Gasteiger partial charge in [-0.15, -0.1) is 0 Å². The van der Waals surface area contributed by atoms with E-state index in [1.165, 1.54) is 12.6 Å². The fourth-order valence-corrected chi connectivity index (χ4v) is 2.65. The average Bonchev–Trinajstić information content (AvgIpc) is 2.69. The first kappa shape index (κ1) is 18.3. The maximum absolute atomic E-state index is 11.9. The Morgan fingerprint density at radius 1 is 1.04 bits per heavy atom. The Kier molecular flexibility index (Phi) is 5.63. The van der Waals surface area contributed by atoms with Gasteiger partial charge in [-0.05, 0) is 29.3 Å². The second-order valence-electron chi connectivity index (χ2n) is 6.11. The highest BCUT2D eigenvalue weighted by Gasteiger charge is 2.13. The van der Waals surface area contributed by atoms with Crippen LogP contribution in [0.1, 0.15) is 21.6 Å². The first-order valence-corrected chi connectivity index (χ1v) is 8.56. The molecule has 0 unspecified atom stereocenters. The summed E-state index contributed by atoms with van der Waals surface area (Å²) in [5, 5.41) is 5.92. The number of nitrogens with one attached hydrogen (secondary N) is 2. The van der Waals surface area contributed by atoms with Gasteiger partial charge in [0.2, 0.25) is 0 Å². The van der Waals surface area contributed by atoms with E-state index in [2.05, 4.69) is 20.6 Å². The molecule has 0 spiro atoms. The fourth-order valence-electron chi connectivity index (χ4n) is 2.65. The lowest BCUT2D eigenvalue weighted by Crippen LogP contribution is -2.21. The second kappa shape index (κ2) is 8.29. The molecule has 0 bridgehead atoms. The maximum Gasteiger partial charge on any atom is 0.273 e. The Morgan fingerprint density at radius 2 is 1.78 bits per heavy atom. The van der Waals surface area contributed by atoms with Crippen LogP contribution in [0.3, 0.4) is 0 Å². The van der Waals surface area contributed by atoms with Gasteiger partial charge >= 0.3 is 0 Å². The highest BCUT2D eigenvalue weighted by molar-refractivity contribution is 5.96. The van der Waals surface area contributed by atoms with E-state index >= 15 is 0 Å². The first-order valence-electron chi connectivity index (χ1n) is 8.56. The minimum absolute atomic E-state index is 0.111. The SMILES string of the molecule is CNC(=O)c1nc(-c2cccc(CNCc3ccc(N)cc3)c2)cnc1N. The van der Waals surface area contributed by atoms with Gasteiger partial charge in [0, 0.05) is 31.4 Å². The van der Waals surface area contributed by atoms with E-state index in [1.807, 2.05) is 48.5 Å². The van der Waals surface area contributed by atoms with Crippen molar-refractivity contribution in [1.29, 1.82) is 0 Å². The van der Waals surface area contributed by atoms with Crippen molar-refractivity contribution in [3.05, 3.63) is 71.5 Å². The molecule has 0 radical (unpaired) electrons. The number of hydrogen-bond acceptors (Lipinski definition) is 6. The Hall–Kier alpha value is -3.45. The van der Waals surface area contributed by atoms with Gasteiger partial charge in [-0.1, -0.05) is 30.3 Å². The number of carbonyl (C=O) groups excluding carboxylic acids is 1. The highest BCUT2D eigenvalue weighted by atomic mass is 16.1. The number of nitrogens with zero attached hydrogens (tertiary/aromatic N) is 2. The van der Waals surface area contributed by atoms with Crippen molar-refractivity contribution in [3.8, 4) is 11.3 Å². The third-order valence-corrected chi connectivity index (χ3v) is 4.10. The van der Waals surface area contributed by atoms with Crippen molar-refractivity contribution in [2.24, 2.45) is 0 Å². The summed E-state index contributed by atoms with van der Waals surface area (Å²) in [4.78, 5) is 20.3. The van der Waals surface area contributed by atoms with Crippen LogP contribution in [0.4, 0.5) is 11.5 Å². The number of benzene rings is 2. The van der Waals surface area contributed by atoms with Gasteiger partial charge < -0.3 is 22.1 Å². The van der Waals surface area contributed by atoms with Crippen LogP contribution in [0.15, 0.2) is 54.7 Å². The van der Waals surface area contributed by atoms with Crippen molar-refractivity contribution in [2.45, 2.75) is 13.1 Å². The Balaban J connectivity index is 1.72. The van der Waals surface area contributed by atoms with Crippen molar-refractivity contribution in [3.63, 3.8) is 0 Å². The van der Waals surface area contributed by atoms with Gasteiger partial charge in [-0.2, -0.15) is 0 Å². The number of nitrogens with two attached hydrogens (primary N) is 2. The summed E-state index contributed by atoms with van der Waals surface area (Å²) in [6.45, 7) is 1.44. The van der Waals surface area contributed by atoms with E-state index in [0.717, 1.165) is 23.4 Å². The number of nitrogen functional groups attached to an aromatic ring is 2. The van der Waals surface area contributed by atoms with E-state index in [0.29, 0.717) is 12.2 Å². The molecule has 7 nitrogen and oxygen atoms in total. The quantitative estimate of drug-likeness (QED) is 0.498. The molecule has 1 amide bonds. The Morgan fingerprint density at radius 3 is 2.52 bits per heavy atom. The molecule has 0 atom stereocenters. The molecule has 0 aliphatic rings. The van der Waals surface area contributed by atoms with Gasteiger partial charge in [0.1, 0.15) is 0 Å². The number of aromatic nitrogens is 2. The summed E-state index contributed by atoms with van der Waals surface area (Å²) in [5.74, 6) is -0.248. The molecule has 27 heavy (non-hydrogen) atoms. The van der Waals surface area contributed by atoms with Crippen LogP contribution in [0.5, 0.6) is 0 Å². The molecule has 1 heterocycles. The zero-order chi connectivity index (χ0) is 19.2. The zero-order valence-corrected chi connectivity index (χ0v) is 15.1. The molecule has 3 rings (SSSR count). The minimum Gasteiger partial charge on any atom is -0.399 e. The van der Waals surface area contributed by atoms with Crippen LogP contribution in [0.2, 0.25) is 0 Å². The smallest absolute Gasteiger partial charge is 0.273 e. The van der Waals surface area contributed by atoms with Gasteiger partial charge in [0.05, 0.1) is 11.9 Å². The van der Waals surface area contributed by atoms with Crippen LogP contribution in [0, 0.1) is 0 Å². The van der Waals surface area contributed by atoms with Crippen molar-refractivity contribution in [2.75, 3.05) is 18.5 Å². The summed E-state index contributed by atoms with van der Waals surface area (Å²) >= 11 is 0. The van der Waals surface area contributed by atoms with E-state index in [9.17, 15) is 4.79 Å². The molecule has 0 saturated carbocycles. The summed E-state index contributed by atoms with van der Waals surface area (Å²) < 4.78 is 0. The number of carbonyl (C=O) groups is 1. The normalized spacial score (nSPS) is 10.6. The van der Waals surface area contributed by atoms with E-state index < -0.39 is 0 Å². The van der Waals surface area contributed by atoms with Gasteiger partial charge in [0.25, 0.3) is 5.91 Å². The largest absolute Gasteiger partial charge is 0.399 e. The van der Waals surface area contributed by atoms with Crippen molar-refractivity contribution in [1.82, 2.24) is 20.6 Å². The van der Waals surface area contributed by atoms with Gasteiger partial charge in [-0.3, -0.25) is 4.79 Å². The molecule has 0 aliphatic carbocycles. The molecular weight excluding hydrogens is 340 g/mol. The monoisotopic (exact) mass is 362 g/mol. The zero-order valence-electron chi connectivity index (χ0n) is 15.1. The summed E-state index contributed by atoms with van der Waals surface area (Å²) in [7, 11) is 1.53. The molecule has 7 heteroatoms. The number of anilines is 2. The molecule has 1 aromatic heterocycles. The lowest BCUT2D eigenvalue weighted by molar-refractivity contribution is 0.0959. The third-order valence-electron chi connectivity index (χ3n) is 4.10. The molecule has 0 saturated heterocycles. The number of hydrogen-bond donors (Lipinski definition) is 4. The standard InChI is InChI=1S/C20H22N6O/c1-23-20(27)18-19(22)25-12-17(26-18)15-4-2-3-14(9-15)11-24-10-13-5-7-16(21)8-6-13/h2-9,12,24H,10-11,21H2,1H3,(H2,22,25)(H,23,27). The number of amides is 1. The average molecular weight is 362 g/mol. The molecule has 0 aliphatic heterocycles. The van der Waals surface area contributed by atoms with E-state index in [4.69, 9.17) is 11.5 Å². The first-order chi connectivity index (χ1) is 13.1. The Labute approximate surface area is 157 Å². The molecule has 3 aromatic rings. The predicted molar refractivity (Wildman–Crippen MR) is 107 cm³/mol. The fraction of sp³-hybridized carbons (Fsp3) is 0.150. The van der Waals surface area contributed by atoms with Gasteiger partial charge in [0.15, 0.2) is 11.5 Å². The summed E-state index contributed by atoms with van der Waals surface area (Å²) in [6.07, 6.45) is 1.57. The molecule has 6 N–H and O–H groups in total. The van der Waals surface area contributed by atoms with Crippen LogP contribution in [-0.2, 0) is 13.1 Å². The topological polar surface area (TPSA) is 119 Å². The summed E-state index contributed by atoms with van der Waals surface area (Å²) in [5.41, 5.74) is 16.1. The number of rotatable bonds is 6. The third kappa shape index (κ3) is 4.59. The van der Waals surface area contributed by atoms with E-state index in [-0.39, 0.29) is 17.4 Å². The Bertz CT molecular complexity index is 939.